The number of rotatable bonds is 6. The highest BCUT2D eigenvalue weighted by Gasteiger charge is 2.34. The molecule has 0 aromatic heterocycles. The highest BCUT2D eigenvalue weighted by atomic mass is 16.5. The molecule has 0 unspecified atom stereocenters. The first kappa shape index (κ1) is 20.0. The normalized spacial score (nSPS) is 20.9. The molecule has 1 aromatic rings. The lowest BCUT2D eigenvalue weighted by atomic mass is 9.74. The maximum absolute atomic E-state index is 5.66. The summed E-state index contributed by atoms with van der Waals surface area (Å²) in [4.78, 5) is 4.47. The monoisotopic (exact) mass is 373 g/mol. The van der Waals surface area contributed by atoms with Gasteiger partial charge in [0.1, 0.15) is 5.75 Å². The molecular weight excluding hydrogens is 338 g/mol. The van der Waals surface area contributed by atoms with E-state index in [-0.39, 0.29) is 5.41 Å². The summed E-state index contributed by atoms with van der Waals surface area (Å²) in [6, 6.07) is 9.17. The van der Waals surface area contributed by atoms with Gasteiger partial charge in [0.2, 0.25) is 0 Å². The molecular formula is C22H35N3O2. The smallest absolute Gasteiger partial charge is 0.191 e. The van der Waals surface area contributed by atoms with Gasteiger partial charge in [-0.3, -0.25) is 4.99 Å². The van der Waals surface area contributed by atoms with Gasteiger partial charge in [-0.25, -0.2) is 0 Å². The zero-order valence-electron chi connectivity index (χ0n) is 16.9. The molecule has 0 atom stereocenters. The molecule has 2 N–H and O–H groups in total. The van der Waals surface area contributed by atoms with Gasteiger partial charge in [0.25, 0.3) is 0 Å². The average Bonchev–Trinajstić information content (AvgIpc) is 2.73. The van der Waals surface area contributed by atoms with Crippen LogP contribution in [0.15, 0.2) is 29.3 Å². The van der Waals surface area contributed by atoms with E-state index in [1.54, 1.807) is 0 Å². The first-order valence-electron chi connectivity index (χ1n) is 10.5. The third kappa shape index (κ3) is 5.38. The minimum atomic E-state index is 0.0766. The topological polar surface area (TPSA) is 54.9 Å². The summed E-state index contributed by atoms with van der Waals surface area (Å²) in [5.74, 6) is 1.87. The summed E-state index contributed by atoms with van der Waals surface area (Å²) in [7, 11) is 1.87. The highest BCUT2D eigenvalue weighted by molar-refractivity contribution is 5.80. The maximum Gasteiger partial charge on any atom is 0.191 e. The summed E-state index contributed by atoms with van der Waals surface area (Å²) in [6.07, 6.45) is 8.55. The summed E-state index contributed by atoms with van der Waals surface area (Å²) in [6.45, 7) is 5.20. The van der Waals surface area contributed by atoms with E-state index in [2.05, 4.69) is 39.9 Å². The number of nitrogens with zero attached hydrogens (tertiary/aromatic N) is 1. The average molecular weight is 374 g/mol. The van der Waals surface area contributed by atoms with Crippen molar-refractivity contribution < 1.29 is 9.47 Å². The van der Waals surface area contributed by atoms with Crippen LogP contribution >= 0.6 is 0 Å². The van der Waals surface area contributed by atoms with Gasteiger partial charge >= 0.3 is 0 Å². The van der Waals surface area contributed by atoms with Crippen LogP contribution < -0.4 is 15.4 Å². The molecule has 5 heteroatoms. The fraction of sp³-hybridized carbons (Fsp3) is 0.682. The predicted molar refractivity (Wildman–Crippen MR) is 111 cm³/mol. The van der Waals surface area contributed by atoms with E-state index < -0.39 is 0 Å². The molecule has 1 saturated heterocycles. The van der Waals surface area contributed by atoms with Crippen molar-refractivity contribution >= 4 is 5.96 Å². The van der Waals surface area contributed by atoms with Crippen molar-refractivity contribution in [2.75, 3.05) is 33.4 Å². The lowest BCUT2D eigenvalue weighted by molar-refractivity contribution is 0.0513. The molecule has 27 heavy (non-hydrogen) atoms. The Morgan fingerprint density at radius 3 is 2.48 bits per heavy atom. The van der Waals surface area contributed by atoms with Gasteiger partial charge in [0.15, 0.2) is 5.96 Å². The molecule has 1 saturated carbocycles. The third-order valence-electron chi connectivity index (χ3n) is 5.99. The van der Waals surface area contributed by atoms with Crippen LogP contribution in [0.5, 0.6) is 5.75 Å². The summed E-state index contributed by atoms with van der Waals surface area (Å²) < 4.78 is 11.3. The van der Waals surface area contributed by atoms with Crippen LogP contribution in [0, 0.1) is 0 Å². The van der Waals surface area contributed by atoms with Crippen molar-refractivity contribution in [3.63, 3.8) is 0 Å². The summed E-state index contributed by atoms with van der Waals surface area (Å²) in [5, 5.41) is 7.24. The lowest BCUT2D eigenvalue weighted by Crippen LogP contribution is -2.50. The summed E-state index contributed by atoms with van der Waals surface area (Å²) >= 11 is 0. The Kier molecular flexibility index (Phi) is 7.39. The van der Waals surface area contributed by atoms with Crippen LogP contribution in [-0.2, 0) is 10.2 Å². The van der Waals surface area contributed by atoms with E-state index in [9.17, 15) is 0 Å². The fourth-order valence-corrected chi connectivity index (χ4v) is 4.29. The minimum absolute atomic E-state index is 0.0766. The number of nitrogens with one attached hydrogen (secondary N) is 2. The number of benzene rings is 1. The molecule has 1 aliphatic heterocycles. The second-order valence-corrected chi connectivity index (χ2v) is 7.76. The van der Waals surface area contributed by atoms with Crippen molar-refractivity contribution in [1.29, 1.82) is 0 Å². The molecule has 0 spiro atoms. The van der Waals surface area contributed by atoms with E-state index in [4.69, 9.17) is 9.47 Å². The number of aliphatic imine (C=N–C) groups is 1. The Morgan fingerprint density at radius 1 is 1.15 bits per heavy atom. The SMILES string of the molecule is CCOc1ccc(C2(CNC(=NC)NC3CCCCC3)CCOCC2)cc1. The molecule has 0 radical (unpaired) electrons. The number of hydrogen-bond donors (Lipinski definition) is 2. The zero-order valence-corrected chi connectivity index (χ0v) is 16.9. The van der Waals surface area contributed by atoms with Gasteiger partial charge < -0.3 is 20.1 Å². The quantitative estimate of drug-likeness (QED) is 0.591. The Morgan fingerprint density at radius 2 is 1.85 bits per heavy atom. The maximum atomic E-state index is 5.66. The molecule has 0 amide bonds. The van der Waals surface area contributed by atoms with Gasteiger partial charge in [-0.1, -0.05) is 31.4 Å². The molecule has 0 bridgehead atoms. The van der Waals surface area contributed by atoms with Crippen LogP contribution in [0.4, 0.5) is 0 Å². The van der Waals surface area contributed by atoms with Gasteiger partial charge in [-0.05, 0) is 50.3 Å². The van der Waals surface area contributed by atoms with E-state index in [1.165, 1.54) is 37.7 Å². The zero-order chi connectivity index (χ0) is 19.0. The molecule has 2 aliphatic rings. The van der Waals surface area contributed by atoms with Crippen molar-refractivity contribution in [1.82, 2.24) is 10.6 Å². The van der Waals surface area contributed by atoms with Gasteiger partial charge in [-0.15, -0.1) is 0 Å². The Labute approximate surface area is 163 Å². The van der Waals surface area contributed by atoms with Gasteiger partial charge in [0.05, 0.1) is 6.61 Å². The second-order valence-electron chi connectivity index (χ2n) is 7.76. The van der Waals surface area contributed by atoms with Crippen molar-refractivity contribution in [3.8, 4) is 5.75 Å². The molecule has 1 aromatic carbocycles. The largest absolute Gasteiger partial charge is 0.494 e. The van der Waals surface area contributed by atoms with Gasteiger partial charge in [-0.2, -0.15) is 0 Å². The van der Waals surface area contributed by atoms with Crippen LogP contribution in [0.2, 0.25) is 0 Å². The molecule has 1 aliphatic carbocycles. The number of hydrogen-bond acceptors (Lipinski definition) is 3. The number of ether oxygens (including phenoxy) is 2. The molecule has 150 valence electrons. The predicted octanol–water partition coefficient (Wildman–Crippen LogP) is 3.63. The van der Waals surface area contributed by atoms with Crippen molar-refractivity contribution in [3.05, 3.63) is 29.8 Å². The standard InChI is InChI=1S/C22H35N3O2/c1-3-27-20-11-9-18(10-12-20)22(13-15-26-16-14-22)17-24-21(23-2)25-19-7-5-4-6-8-19/h9-12,19H,3-8,13-17H2,1-2H3,(H2,23,24,25). The van der Waals surface area contributed by atoms with E-state index in [1.807, 2.05) is 14.0 Å². The minimum Gasteiger partial charge on any atom is -0.494 e. The number of guanidine groups is 1. The fourth-order valence-electron chi connectivity index (χ4n) is 4.29. The summed E-state index contributed by atoms with van der Waals surface area (Å²) in [5.41, 5.74) is 1.43. The Balaban J connectivity index is 1.66. The molecule has 3 rings (SSSR count). The molecule has 1 heterocycles. The van der Waals surface area contributed by atoms with E-state index in [0.29, 0.717) is 12.6 Å². The van der Waals surface area contributed by atoms with Crippen LogP contribution in [-0.4, -0.2) is 45.4 Å². The van der Waals surface area contributed by atoms with Gasteiger partial charge in [0, 0.05) is 38.3 Å². The Hall–Kier alpha value is -1.75. The molecule has 5 nitrogen and oxygen atoms in total. The first-order chi connectivity index (χ1) is 13.3. The van der Waals surface area contributed by atoms with Crippen LogP contribution in [0.3, 0.4) is 0 Å². The van der Waals surface area contributed by atoms with E-state index >= 15 is 0 Å². The highest BCUT2D eigenvalue weighted by Crippen LogP contribution is 2.35. The first-order valence-corrected chi connectivity index (χ1v) is 10.5. The van der Waals surface area contributed by atoms with Crippen molar-refractivity contribution in [2.45, 2.75) is 63.3 Å². The lowest BCUT2D eigenvalue weighted by Gasteiger charge is -2.38. The van der Waals surface area contributed by atoms with Crippen LogP contribution in [0.1, 0.15) is 57.4 Å². The van der Waals surface area contributed by atoms with Crippen molar-refractivity contribution in [2.24, 2.45) is 4.99 Å². The molecule has 2 fully saturated rings. The Bertz CT molecular complexity index is 588. The van der Waals surface area contributed by atoms with Crippen LogP contribution in [0.25, 0.3) is 0 Å². The third-order valence-corrected chi connectivity index (χ3v) is 5.99. The van der Waals surface area contributed by atoms with E-state index in [0.717, 1.165) is 44.3 Å². The second kappa shape index (κ2) is 9.98.